The first-order valence-corrected chi connectivity index (χ1v) is 5.51. The third-order valence-electron chi connectivity index (χ3n) is 1.35. The fraction of sp³-hybridized carbons (Fsp3) is 0.250. The van der Waals surface area contributed by atoms with Crippen LogP contribution < -0.4 is 4.52 Å². The summed E-state index contributed by atoms with van der Waals surface area (Å²) < 4.78 is 21.1. The van der Waals surface area contributed by atoms with Crippen LogP contribution in [0.15, 0.2) is 30.3 Å². The van der Waals surface area contributed by atoms with Crippen molar-refractivity contribution in [1.82, 2.24) is 0 Å². The number of rotatable bonds is 3. The molecule has 0 spiro atoms. The van der Waals surface area contributed by atoms with Gasteiger partial charge >= 0.3 is 7.60 Å². The largest absolute Gasteiger partial charge is 0.425 e. The van der Waals surface area contributed by atoms with Crippen molar-refractivity contribution in [3.05, 3.63) is 30.3 Å². The highest BCUT2D eigenvalue weighted by atomic mass is 31.2. The van der Waals surface area contributed by atoms with Crippen molar-refractivity contribution in [1.29, 1.82) is 0 Å². The zero-order valence-electron chi connectivity index (χ0n) is 7.06. The molecule has 0 bridgehead atoms. The van der Waals surface area contributed by atoms with E-state index in [2.05, 4.69) is 4.52 Å². The van der Waals surface area contributed by atoms with E-state index in [1.165, 1.54) is 13.8 Å². The number of hydrogen-bond acceptors (Lipinski definition) is 3. The van der Waals surface area contributed by atoms with Gasteiger partial charge in [0.1, 0.15) is 5.75 Å². The molecule has 0 heterocycles. The van der Waals surface area contributed by atoms with Gasteiger partial charge < -0.3 is 9.05 Å². The minimum atomic E-state index is -2.90. The standard InChI is InChI=1S/C8H11O3P/c1-10-12(2,9)11-8-6-4-3-5-7-8/h3-7H,1-2H3. The molecule has 0 aliphatic heterocycles. The van der Waals surface area contributed by atoms with Crippen molar-refractivity contribution in [2.75, 3.05) is 13.8 Å². The molecule has 1 aromatic carbocycles. The third kappa shape index (κ3) is 2.68. The summed E-state index contributed by atoms with van der Waals surface area (Å²) in [5.74, 6) is 0.560. The highest BCUT2D eigenvalue weighted by Crippen LogP contribution is 2.42. The molecular formula is C8H11O3P. The van der Waals surface area contributed by atoms with Crippen molar-refractivity contribution >= 4 is 7.60 Å². The Morgan fingerprint density at radius 1 is 1.25 bits per heavy atom. The molecule has 66 valence electrons. The molecule has 1 aromatic rings. The lowest BCUT2D eigenvalue weighted by Crippen LogP contribution is -1.92. The average Bonchev–Trinajstić information content (AvgIpc) is 2.06. The zero-order chi connectivity index (χ0) is 9.03. The van der Waals surface area contributed by atoms with Gasteiger partial charge in [-0.1, -0.05) is 18.2 Å². The van der Waals surface area contributed by atoms with E-state index < -0.39 is 7.60 Å². The summed E-state index contributed by atoms with van der Waals surface area (Å²) in [6, 6.07) is 8.95. The highest BCUT2D eigenvalue weighted by Gasteiger charge is 2.14. The summed E-state index contributed by atoms with van der Waals surface area (Å²) in [4.78, 5) is 0. The number of benzene rings is 1. The van der Waals surface area contributed by atoms with Gasteiger partial charge in [0.2, 0.25) is 0 Å². The van der Waals surface area contributed by atoms with Crippen LogP contribution in [0, 0.1) is 0 Å². The summed E-state index contributed by atoms with van der Waals surface area (Å²) in [6.07, 6.45) is 0. The van der Waals surface area contributed by atoms with Gasteiger partial charge in [-0.3, -0.25) is 0 Å². The lowest BCUT2D eigenvalue weighted by molar-refractivity contribution is 0.328. The van der Waals surface area contributed by atoms with Crippen LogP contribution in [-0.4, -0.2) is 13.8 Å². The van der Waals surface area contributed by atoms with Gasteiger partial charge in [0.15, 0.2) is 0 Å². The molecule has 0 fully saturated rings. The van der Waals surface area contributed by atoms with Crippen LogP contribution in [0.2, 0.25) is 0 Å². The monoisotopic (exact) mass is 186 g/mol. The zero-order valence-corrected chi connectivity index (χ0v) is 7.95. The molecule has 0 aliphatic carbocycles. The van der Waals surface area contributed by atoms with E-state index in [9.17, 15) is 4.57 Å². The summed E-state index contributed by atoms with van der Waals surface area (Å²) in [5, 5.41) is 0. The summed E-state index contributed by atoms with van der Waals surface area (Å²) in [5.41, 5.74) is 0. The van der Waals surface area contributed by atoms with Crippen LogP contribution in [0.25, 0.3) is 0 Å². The second-order valence-corrected chi connectivity index (χ2v) is 4.45. The Bertz CT molecular complexity index is 284. The lowest BCUT2D eigenvalue weighted by Gasteiger charge is -2.11. The third-order valence-corrected chi connectivity index (χ3v) is 2.55. The number of hydrogen-bond donors (Lipinski definition) is 0. The van der Waals surface area contributed by atoms with Gasteiger partial charge in [-0.15, -0.1) is 0 Å². The van der Waals surface area contributed by atoms with E-state index in [1.54, 1.807) is 12.1 Å². The van der Waals surface area contributed by atoms with E-state index in [0.29, 0.717) is 5.75 Å². The first kappa shape index (κ1) is 9.30. The molecule has 0 saturated carbocycles. The average molecular weight is 186 g/mol. The van der Waals surface area contributed by atoms with E-state index >= 15 is 0 Å². The predicted molar refractivity (Wildman–Crippen MR) is 47.6 cm³/mol. The van der Waals surface area contributed by atoms with E-state index in [4.69, 9.17) is 4.52 Å². The first-order chi connectivity index (χ1) is 5.64. The molecule has 1 atom stereocenters. The Kier molecular flexibility index (Phi) is 2.90. The minimum Gasteiger partial charge on any atom is -0.425 e. The van der Waals surface area contributed by atoms with E-state index in [-0.39, 0.29) is 0 Å². The van der Waals surface area contributed by atoms with Crippen LogP contribution >= 0.6 is 7.60 Å². The second kappa shape index (κ2) is 3.74. The second-order valence-electron chi connectivity index (χ2n) is 2.36. The van der Waals surface area contributed by atoms with Gasteiger partial charge in [-0.2, -0.15) is 0 Å². The Hall–Kier alpha value is -0.790. The SMILES string of the molecule is COP(C)(=O)Oc1ccccc1. The molecule has 1 rings (SSSR count). The normalized spacial score (nSPS) is 15.2. The first-order valence-electron chi connectivity index (χ1n) is 3.52. The van der Waals surface area contributed by atoms with Gasteiger partial charge in [-0.05, 0) is 12.1 Å². The highest BCUT2D eigenvalue weighted by molar-refractivity contribution is 7.53. The molecule has 0 amide bonds. The van der Waals surface area contributed by atoms with E-state index in [0.717, 1.165) is 0 Å². The topological polar surface area (TPSA) is 35.5 Å². The van der Waals surface area contributed by atoms with Crippen LogP contribution in [0.3, 0.4) is 0 Å². The van der Waals surface area contributed by atoms with Crippen molar-refractivity contribution in [2.24, 2.45) is 0 Å². The fourth-order valence-corrected chi connectivity index (χ4v) is 1.29. The van der Waals surface area contributed by atoms with Gasteiger partial charge in [0, 0.05) is 13.8 Å². The Balaban J connectivity index is 2.71. The molecule has 4 heteroatoms. The Morgan fingerprint density at radius 2 is 1.83 bits per heavy atom. The van der Waals surface area contributed by atoms with Gasteiger partial charge in [0.25, 0.3) is 0 Å². The van der Waals surface area contributed by atoms with Crippen LogP contribution in [0.1, 0.15) is 0 Å². The maximum absolute atomic E-state index is 11.3. The van der Waals surface area contributed by atoms with E-state index in [1.807, 2.05) is 18.2 Å². The molecule has 0 N–H and O–H groups in total. The van der Waals surface area contributed by atoms with Crippen molar-refractivity contribution in [3.63, 3.8) is 0 Å². The van der Waals surface area contributed by atoms with Crippen LogP contribution in [0.4, 0.5) is 0 Å². The maximum Gasteiger partial charge on any atom is 0.375 e. The fourth-order valence-electron chi connectivity index (χ4n) is 0.710. The minimum absolute atomic E-state index is 0.560. The quantitative estimate of drug-likeness (QED) is 0.680. The summed E-state index contributed by atoms with van der Waals surface area (Å²) >= 11 is 0. The molecule has 0 radical (unpaired) electrons. The molecule has 3 nitrogen and oxygen atoms in total. The molecule has 0 saturated heterocycles. The molecular weight excluding hydrogens is 175 g/mol. The predicted octanol–water partition coefficient (Wildman–Crippen LogP) is 2.53. The van der Waals surface area contributed by atoms with Crippen molar-refractivity contribution in [3.8, 4) is 5.75 Å². The molecule has 1 unspecified atom stereocenters. The smallest absolute Gasteiger partial charge is 0.375 e. The van der Waals surface area contributed by atoms with Crippen molar-refractivity contribution < 1.29 is 13.6 Å². The Morgan fingerprint density at radius 3 is 2.33 bits per heavy atom. The van der Waals surface area contributed by atoms with Crippen LogP contribution in [0.5, 0.6) is 5.75 Å². The maximum atomic E-state index is 11.3. The Labute approximate surface area is 71.9 Å². The summed E-state index contributed by atoms with van der Waals surface area (Å²) in [6.45, 7) is 1.43. The lowest BCUT2D eigenvalue weighted by atomic mass is 10.3. The van der Waals surface area contributed by atoms with Gasteiger partial charge in [0.05, 0.1) is 0 Å². The molecule has 0 aromatic heterocycles. The van der Waals surface area contributed by atoms with Crippen molar-refractivity contribution in [2.45, 2.75) is 0 Å². The molecule has 0 aliphatic rings. The van der Waals surface area contributed by atoms with Gasteiger partial charge in [-0.25, -0.2) is 4.57 Å². The van der Waals surface area contributed by atoms with Crippen LogP contribution in [-0.2, 0) is 9.09 Å². The summed E-state index contributed by atoms with van der Waals surface area (Å²) in [7, 11) is -1.53. The molecule has 12 heavy (non-hydrogen) atoms. The number of para-hydroxylation sites is 1.